The molecule has 1 N–H and O–H groups in total. The van der Waals surface area contributed by atoms with Gasteiger partial charge in [0.1, 0.15) is 11.4 Å². The number of nitrogens with zero attached hydrogens (tertiary/aromatic N) is 2. The highest BCUT2D eigenvalue weighted by Gasteiger charge is 2.19. The van der Waals surface area contributed by atoms with Crippen LogP contribution in [0.1, 0.15) is 56.1 Å². The molecule has 0 amide bonds. The van der Waals surface area contributed by atoms with Gasteiger partial charge >= 0.3 is 5.97 Å². The summed E-state index contributed by atoms with van der Waals surface area (Å²) in [5, 5.41) is 9.29. The number of carboxylic acid groups (broad SMARTS) is 1. The second-order valence-corrected chi connectivity index (χ2v) is 5.12. The number of carbonyl (C=O) groups is 1. The van der Waals surface area contributed by atoms with Crippen molar-refractivity contribution in [2.45, 2.75) is 53.0 Å². The van der Waals surface area contributed by atoms with Crippen LogP contribution in [-0.4, -0.2) is 28.6 Å². The standard InChI is InChI=1S/C15H24N2O2/c1-5-6-7-10-17(11(2)3)14-13(15(18)19)9-8-12(4)16-14/h8-9,11H,5-7,10H2,1-4H3,(H,18,19). The van der Waals surface area contributed by atoms with E-state index in [2.05, 4.69) is 30.7 Å². The Labute approximate surface area is 115 Å². The van der Waals surface area contributed by atoms with Crippen molar-refractivity contribution in [3.63, 3.8) is 0 Å². The highest BCUT2D eigenvalue weighted by atomic mass is 16.4. The van der Waals surface area contributed by atoms with Gasteiger partial charge in [-0.05, 0) is 39.3 Å². The Hall–Kier alpha value is -1.58. The Bertz CT molecular complexity index is 430. The molecular weight excluding hydrogens is 240 g/mol. The van der Waals surface area contributed by atoms with Crippen molar-refractivity contribution in [3.05, 3.63) is 23.4 Å². The van der Waals surface area contributed by atoms with Crippen LogP contribution < -0.4 is 4.90 Å². The third kappa shape index (κ3) is 4.23. The summed E-state index contributed by atoms with van der Waals surface area (Å²) in [4.78, 5) is 17.9. The Balaban J connectivity index is 3.06. The molecule has 0 saturated heterocycles. The van der Waals surface area contributed by atoms with Crippen LogP contribution in [0.2, 0.25) is 0 Å². The zero-order valence-electron chi connectivity index (χ0n) is 12.3. The normalized spacial score (nSPS) is 10.8. The van der Waals surface area contributed by atoms with Crippen molar-refractivity contribution in [1.82, 2.24) is 4.98 Å². The van der Waals surface area contributed by atoms with Crippen molar-refractivity contribution in [1.29, 1.82) is 0 Å². The second kappa shape index (κ2) is 7.12. The molecule has 0 fully saturated rings. The first-order chi connectivity index (χ1) is 8.97. The number of pyridine rings is 1. The highest BCUT2D eigenvalue weighted by Crippen LogP contribution is 2.21. The van der Waals surface area contributed by atoms with Gasteiger partial charge in [0, 0.05) is 18.3 Å². The fourth-order valence-electron chi connectivity index (χ4n) is 2.07. The first kappa shape index (κ1) is 15.5. The predicted molar refractivity (Wildman–Crippen MR) is 77.9 cm³/mol. The SMILES string of the molecule is CCCCCN(c1nc(C)ccc1C(=O)O)C(C)C. The number of unbranched alkanes of at least 4 members (excludes halogenated alkanes) is 2. The van der Waals surface area contributed by atoms with E-state index >= 15 is 0 Å². The van der Waals surface area contributed by atoms with Gasteiger partial charge < -0.3 is 10.0 Å². The number of anilines is 1. The van der Waals surface area contributed by atoms with Gasteiger partial charge in [-0.25, -0.2) is 9.78 Å². The van der Waals surface area contributed by atoms with E-state index in [4.69, 9.17) is 0 Å². The van der Waals surface area contributed by atoms with Crippen LogP contribution in [0.15, 0.2) is 12.1 Å². The van der Waals surface area contributed by atoms with Gasteiger partial charge in [-0.15, -0.1) is 0 Å². The van der Waals surface area contributed by atoms with Crippen molar-refractivity contribution in [2.24, 2.45) is 0 Å². The van der Waals surface area contributed by atoms with Crippen LogP contribution >= 0.6 is 0 Å². The molecule has 1 aromatic rings. The molecule has 1 rings (SSSR count). The second-order valence-electron chi connectivity index (χ2n) is 5.12. The zero-order valence-corrected chi connectivity index (χ0v) is 12.3. The van der Waals surface area contributed by atoms with Crippen LogP contribution in [0, 0.1) is 6.92 Å². The summed E-state index contributed by atoms with van der Waals surface area (Å²) >= 11 is 0. The average Bonchev–Trinajstić information content (AvgIpc) is 2.33. The lowest BCUT2D eigenvalue weighted by molar-refractivity contribution is 0.0697. The molecule has 0 saturated carbocycles. The molecule has 0 aromatic carbocycles. The molecule has 4 heteroatoms. The quantitative estimate of drug-likeness (QED) is 0.766. The molecule has 0 unspecified atom stereocenters. The summed E-state index contributed by atoms with van der Waals surface area (Å²) in [6.07, 6.45) is 3.36. The summed E-state index contributed by atoms with van der Waals surface area (Å²) in [6, 6.07) is 3.64. The van der Waals surface area contributed by atoms with Crippen molar-refractivity contribution in [2.75, 3.05) is 11.4 Å². The summed E-state index contributed by atoms with van der Waals surface area (Å²) in [5.74, 6) is -0.317. The van der Waals surface area contributed by atoms with Crippen molar-refractivity contribution >= 4 is 11.8 Å². The Morgan fingerprint density at radius 3 is 2.58 bits per heavy atom. The third-order valence-electron chi connectivity index (χ3n) is 3.14. The lowest BCUT2D eigenvalue weighted by Gasteiger charge is -2.29. The van der Waals surface area contributed by atoms with Crippen molar-refractivity contribution < 1.29 is 9.90 Å². The number of aryl methyl sites for hydroxylation is 1. The lowest BCUT2D eigenvalue weighted by atomic mass is 10.1. The first-order valence-corrected chi connectivity index (χ1v) is 6.95. The van der Waals surface area contributed by atoms with Crippen molar-refractivity contribution in [3.8, 4) is 0 Å². The third-order valence-corrected chi connectivity index (χ3v) is 3.14. The molecule has 0 aliphatic rings. The monoisotopic (exact) mass is 264 g/mol. The fourth-order valence-corrected chi connectivity index (χ4v) is 2.07. The molecule has 0 aliphatic heterocycles. The predicted octanol–water partition coefficient (Wildman–Crippen LogP) is 3.49. The smallest absolute Gasteiger partial charge is 0.339 e. The number of carboxylic acids is 1. The Morgan fingerprint density at radius 1 is 1.37 bits per heavy atom. The van der Waals surface area contributed by atoms with Crippen LogP contribution in [0.4, 0.5) is 5.82 Å². The van der Waals surface area contributed by atoms with E-state index in [9.17, 15) is 9.90 Å². The maximum Gasteiger partial charge on any atom is 0.339 e. The Kier molecular flexibility index (Phi) is 5.80. The maximum absolute atomic E-state index is 11.3. The van der Waals surface area contributed by atoms with Gasteiger partial charge in [0.25, 0.3) is 0 Å². The van der Waals surface area contributed by atoms with Gasteiger partial charge in [-0.3, -0.25) is 0 Å². The molecule has 1 heterocycles. The molecule has 0 aliphatic carbocycles. The van der Waals surface area contributed by atoms with Gasteiger partial charge in [-0.1, -0.05) is 19.8 Å². The molecule has 19 heavy (non-hydrogen) atoms. The molecule has 106 valence electrons. The molecule has 1 aromatic heterocycles. The first-order valence-electron chi connectivity index (χ1n) is 6.95. The van der Waals surface area contributed by atoms with Gasteiger partial charge in [-0.2, -0.15) is 0 Å². The summed E-state index contributed by atoms with van der Waals surface area (Å²) in [7, 11) is 0. The van der Waals surface area contributed by atoms with Gasteiger partial charge in [0.15, 0.2) is 0 Å². The van der Waals surface area contributed by atoms with Crippen LogP contribution in [0.3, 0.4) is 0 Å². The van der Waals surface area contributed by atoms with E-state index in [0.29, 0.717) is 5.82 Å². The molecule has 4 nitrogen and oxygen atoms in total. The van der Waals surface area contributed by atoms with E-state index in [1.54, 1.807) is 12.1 Å². The lowest BCUT2D eigenvalue weighted by Crippen LogP contribution is -2.34. The summed E-state index contributed by atoms with van der Waals surface area (Å²) in [6.45, 7) is 9.04. The number of rotatable bonds is 7. The van der Waals surface area contributed by atoms with E-state index in [1.807, 2.05) is 6.92 Å². The van der Waals surface area contributed by atoms with E-state index in [1.165, 1.54) is 0 Å². The van der Waals surface area contributed by atoms with E-state index in [-0.39, 0.29) is 11.6 Å². The highest BCUT2D eigenvalue weighted by molar-refractivity contribution is 5.93. The number of aromatic carboxylic acids is 1. The molecule has 0 atom stereocenters. The average molecular weight is 264 g/mol. The fraction of sp³-hybridized carbons (Fsp3) is 0.600. The van der Waals surface area contributed by atoms with Crippen LogP contribution in [0.5, 0.6) is 0 Å². The van der Waals surface area contributed by atoms with E-state index < -0.39 is 5.97 Å². The van der Waals surface area contributed by atoms with Gasteiger partial charge in [0.05, 0.1) is 0 Å². The minimum Gasteiger partial charge on any atom is -0.478 e. The van der Waals surface area contributed by atoms with Crippen LogP contribution in [-0.2, 0) is 0 Å². The number of aromatic nitrogens is 1. The number of hydrogen-bond acceptors (Lipinski definition) is 3. The molecule has 0 bridgehead atoms. The molecular formula is C15H24N2O2. The summed E-state index contributed by atoms with van der Waals surface area (Å²) < 4.78 is 0. The number of hydrogen-bond donors (Lipinski definition) is 1. The Morgan fingerprint density at radius 2 is 2.05 bits per heavy atom. The topological polar surface area (TPSA) is 53.4 Å². The minimum atomic E-state index is -0.913. The molecule has 0 spiro atoms. The minimum absolute atomic E-state index is 0.240. The van der Waals surface area contributed by atoms with Gasteiger partial charge in [0.2, 0.25) is 0 Å². The largest absolute Gasteiger partial charge is 0.478 e. The molecule has 0 radical (unpaired) electrons. The van der Waals surface area contributed by atoms with Crippen LogP contribution in [0.25, 0.3) is 0 Å². The maximum atomic E-state index is 11.3. The summed E-state index contributed by atoms with van der Waals surface area (Å²) in [5.41, 5.74) is 1.14. The zero-order chi connectivity index (χ0) is 14.4. The van der Waals surface area contributed by atoms with E-state index in [0.717, 1.165) is 31.5 Å².